The van der Waals surface area contributed by atoms with Gasteiger partial charge in [-0.05, 0) is 11.1 Å². The monoisotopic (exact) mass is 272 g/mol. The highest BCUT2D eigenvalue weighted by molar-refractivity contribution is 5.87. The number of aromatic nitrogens is 2. The van der Waals surface area contributed by atoms with Crippen molar-refractivity contribution < 1.29 is 9.53 Å². The number of methoxy groups -OCH3 is 1. The van der Waals surface area contributed by atoms with Gasteiger partial charge in [0.1, 0.15) is 5.82 Å². The number of carbonyl (C=O) groups excluding carboxylic acids is 1. The molecule has 0 aliphatic heterocycles. The van der Waals surface area contributed by atoms with Crippen LogP contribution in [0.25, 0.3) is 0 Å². The zero-order valence-corrected chi connectivity index (χ0v) is 11.2. The third-order valence-corrected chi connectivity index (χ3v) is 2.83. The summed E-state index contributed by atoms with van der Waals surface area (Å²) in [5.41, 5.74) is 8.01. The van der Waals surface area contributed by atoms with Gasteiger partial charge < -0.3 is 15.8 Å². The molecule has 0 spiro atoms. The number of rotatable bonds is 5. The minimum absolute atomic E-state index is 0.171. The molecule has 104 valence electrons. The molecule has 1 heterocycles. The molecule has 0 bridgehead atoms. The number of ether oxygens (including phenoxy) is 1. The minimum atomic E-state index is -0.511. The van der Waals surface area contributed by atoms with Crippen molar-refractivity contribution in [2.45, 2.75) is 13.1 Å². The van der Waals surface area contributed by atoms with Gasteiger partial charge in [0.05, 0.1) is 19.5 Å². The molecule has 2 aromatic rings. The van der Waals surface area contributed by atoms with Crippen LogP contribution < -0.4 is 11.1 Å². The van der Waals surface area contributed by atoms with Crippen LogP contribution >= 0.6 is 0 Å². The summed E-state index contributed by atoms with van der Waals surface area (Å²) in [6.07, 6.45) is 2.92. The second kappa shape index (κ2) is 6.63. The normalized spacial score (nSPS) is 10.1. The Hall–Kier alpha value is -2.47. The van der Waals surface area contributed by atoms with Crippen LogP contribution in [0.2, 0.25) is 0 Å². The van der Waals surface area contributed by atoms with Crippen molar-refractivity contribution in [3.05, 3.63) is 53.5 Å². The number of esters is 1. The predicted octanol–water partition coefficient (Wildman–Crippen LogP) is 1.33. The maximum absolute atomic E-state index is 11.4. The Bertz CT molecular complexity index is 601. The summed E-state index contributed by atoms with van der Waals surface area (Å²) in [6, 6.07) is 7.87. The van der Waals surface area contributed by atoms with E-state index in [2.05, 4.69) is 20.0 Å². The number of anilines is 1. The standard InChI is InChI=1S/C14H16N4O2/c1-20-14(19)12-8-16-9-13(18-12)17-7-11-5-3-2-4-10(11)6-15/h2-5,8-9H,6-7,15H2,1H3,(H,17,18). The molecule has 6 nitrogen and oxygen atoms in total. The second-order valence-corrected chi connectivity index (χ2v) is 4.11. The Balaban J connectivity index is 2.09. The summed E-state index contributed by atoms with van der Waals surface area (Å²) in [5.74, 6) is 0.00299. The number of carbonyl (C=O) groups is 1. The van der Waals surface area contributed by atoms with Gasteiger partial charge in [0.15, 0.2) is 5.69 Å². The van der Waals surface area contributed by atoms with Crippen LogP contribution in [0.1, 0.15) is 21.6 Å². The molecule has 3 N–H and O–H groups in total. The third-order valence-electron chi connectivity index (χ3n) is 2.83. The molecular formula is C14H16N4O2. The summed E-state index contributed by atoms with van der Waals surface area (Å²) < 4.78 is 4.60. The van der Waals surface area contributed by atoms with E-state index in [0.29, 0.717) is 18.9 Å². The van der Waals surface area contributed by atoms with Gasteiger partial charge in [-0.3, -0.25) is 4.98 Å². The van der Waals surface area contributed by atoms with E-state index in [-0.39, 0.29) is 5.69 Å². The average Bonchev–Trinajstić information content (AvgIpc) is 2.52. The number of nitrogens with one attached hydrogen (secondary N) is 1. The van der Waals surface area contributed by atoms with E-state index >= 15 is 0 Å². The molecule has 1 aromatic heterocycles. The number of nitrogens with zero attached hydrogens (tertiary/aromatic N) is 2. The number of hydrogen-bond donors (Lipinski definition) is 2. The minimum Gasteiger partial charge on any atom is -0.464 e. The Morgan fingerprint density at radius 2 is 2.05 bits per heavy atom. The first kappa shape index (κ1) is 14.0. The Labute approximate surface area is 117 Å². The van der Waals surface area contributed by atoms with Crippen molar-refractivity contribution in [2.24, 2.45) is 5.73 Å². The highest BCUT2D eigenvalue weighted by Crippen LogP contribution is 2.11. The lowest BCUT2D eigenvalue weighted by molar-refractivity contribution is 0.0593. The number of benzene rings is 1. The van der Waals surface area contributed by atoms with Gasteiger partial charge in [0, 0.05) is 13.1 Å². The second-order valence-electron chi connectivity index (χ2n) is 4.11. The first-order chi connectivity index (χ1) is 9.74. The Morgan fingerprint density at radius 3 is 2.75 bits per heavy atom. The van der Waals surface area contributed by atoms with Crippen molar-refractivity contribution in [1.82, 2.24) is 9.97 Å². The SMILES string of the molecule is COC(=O)c1cncc(NCc2ccccc2CN)n1. The molecule has 0 amide bonds. The number of nitrogens with two attached hydrogens (primary N) is 1. The van der Waals surface area contributed by atoms with Crippen LogP contribution in [0.15, 0.2) is 36.7 Å². The van der Waals surface area contributed by atoms with Gasteiger partial charge in [-0.1, -0.05) is 24.3 Å². The van der Waals surface area contributed by atoms with Crippen molar-refractivity contribution in [2.75, 3.05) is 12.4 Å². The quantitative estimate of drug-likeness (QED) is 0.798. The smallest absolute Gasteiger partial charge is 0.358 e. The molecular weight excluding hydrogens is 256 g/mol. The average molecular weight is 272 g/mol. The molecule has 20 heavy (non-hydrogen) atoms. The molecule has 0 aliphatic carbocycles. The van der Waals surface area contributed by atoms with Crippen LogP contribution in [0.4, 0.5) is 5.82 Å². The molecule has 2 rings (SSSR count). The summed E-state index contributed by atoms with van der Waals surface area (Å²) in [7, 11) is 1.31. The highest BCUT2D eigenvalue weighted by Gasteiger charge is 2.08. The summed E-state index contributed by atoms with van der Waals surface area (Å²) in [6.45, 7) is 1.04. The molecule has 0 atom stereocenters. The lowest BCUT2D eigenvalue weighted by Crippen LogP contribution is -2.10. The number of hydrogen-bond acceptors (Lipinski definition) is 6. The largest absolute Gasteiger partial charge is 0.464 e. The van der Waals surface area contributed by atoms with Crippen LogP contribution in [0.5, 0.6) is 0 Å². The van der Waals surface area contributed by atoms with E-state index < -0.39 is 5.97 Å². The van der Waals surface area contributed by atoms with Crippen molar-refractivity contribution >= 4 is 11.8 Å². The van der Waals surface area contributed by atoms with Gasteiger partial charge in [-0.2, -0.15) is 0 Å². The van der Waals surface area contributed by atoms with E-state index in [0.717, 1.165) is 11.1 Å². The summed E-state index contributed by atoms with van der Waals surface area (Å²) >= 11 is 0. The zero-order valence-electron chi connectivity index (χ0n) is 11.2. The maximum Gasteiger partial charge on any atom is 0.358 e. The lowest BCUT2D eigenvalue weighted by atomic mass is 10.1. The van der Waals surface area contributed by atoms with Gasteiger partial charge >= 0.3 is 5.97 Å². The van der Waals surface area contributed by atoms with Crippen LogP contribution in [0, 0.1) is 0 Å². The predicted molar refractivity (Wildman–Crippen MR) is 75.0 cm³/mol. The molecule has 0 saturated heterocycles. The Kier molecular flexibility index (Phi) is 4.62. The van der Waals surface area contributed by atoms with Crippen LogP contribution in [-0.4, -0.2) is 23.0 Å². The van der Waals surface area contributed by atoms with Crippen LogP contribution in [-0.2, 0) is 17.8 Å². The molecule has 6 heteroatoms. The van der Waals surface area contributed by atoms with Crippen molar-refractivity contribution in [1.29, 1.82) is 0 Å². The topological polar surface area (TPSA) is 90.1 Å². The van der Waals surface area contributed by atoms with Gasteiger partial charge in [-0.15, -0.1) is 0 Å². The van der Waals surface area contributed by atoms with Gasteiger partial charge in [0.2, 0.25) is 0 Å². The molecule has 1 aromatic carbocycles. The fraction of sp³-hybridized carbons (Fsp3) is 0.214. The zero-order chi connectivity index (χ0) is 14.4. The third kappa shape index (κ3) is 3.30. The van der Waals surface area contributed by atoms with Crippen molar-refractivity contribution in [3.8, 4) is 0 Å². The van der Waals surface area contributed by atoms with E-state index in [1.807, 2.05) is 24.3 Å². The summed E-state index contributed by atoms with van der Waals surface area (Å²) in [5, 5.41) is 3.12. The lowest BCUT2D eigenvalue weighted by Gasteiger charge is -2.09. The van der Waals surface area contributed by atoms with E-state index in [1.54, 1.807) is 6.20 Å². The maximum atomic E-state index is 11.4. The first-order valence-corrected chi connectivity index (χ1v) is 6.15. The fourth-order valence-electron chi connectivity index (χ4n) is 1.77. The van der Waals surface area contributed by atoms with Gasteiger partial charge in [-0.25, -0.2) is 9.78 Å². The molecule has 0 aliphatic rings. The molecule has 0 unspecified atom stereocenters. The van der Waals surface area contributed by atoms with Gasteiger partial charge in [0.25, 0.3) is 0 Å². The molecule has 0 radical (unpaired) electrons. The highest BCUT2D eigenvalue weighted by atomic mass is 16.5. The fourth-order valence-corrected chi connectivity index (χ4v) is 1.77. The van der Waals surface area contributed by atoms with E-state index in [9.17, 15) is 4.79 Å². The van der Waals surface area contributed by atoms with Crippen molar-refractivity contribution in [3.63, 3.8) is 0 Å². The van der Waals surface area contributed by atoms with Crippen LogP contribution in [0.3, 0.4) is 0 Å². The Morgan fingerprint density at radius 1 is 1.30 bits per heavy atom. The first-order valence-electron chi connectivity index (χ1n) is 6.15. The van der Waals surface area contributed by atoms with E-state index in [1.165, 1.54) is 13.3 Å². The van der Waals surface area contributed by atoms with E-state index in [4.69, 9.17) is 5.73 Å². The molecule has 0 saturated carbocycles. The summed E-state index contributed by atoms with van der Waals surface area (Å²) in [4.78, 5) is 19.5. The molecule has 0 fully saturated rings.